The summed E-state index contributed by atoms with van der Waals surface area (Å²) in [6.45, 7) is 3.69. The third kappa shape index (κ3) is 5.45. The zero-order chi connectivity index (χ0) is 26.9. The molecule has 0 atom stereocenters. The lowest BCUT2D eigenvalue weighted by atomic mass is 10.0. The minimum atomic E-state index is -4.59. The molecular weight excluding hydrogens is 517 g/mol. The smallest absolute Gasteiger partial charge is 0.395 e. The minimum Gasteiger partial charge on any atom is -0.395 e. The molecule has 2 aliphatic rings. The maximum Gasteiger partial charge on any atom is 0.416 e. The van der Waals surface area contributed by atoms with Crippen molar-refractivity contribution >= 4 is 39.8 Å². The van der Waals surface area contributed by atoms with E-state index in [1.165, 1.54) is 28.6 Å². The van der Waals surface area contributed by atoms with Crippen LogP contribution in [-0.4, -0.2) is 75.1 Å². The summed E-state index contributed by atoms with van der Waals surface area (Å²) in [5, 5.41) is 23.8. The Morgan fingerprint density at radius 2 is 1.92 bits per heavy atom. The predicted molar refractivity (Wildman–Crippen MR) is 138 cm³/mol. The van der Waals surface area contributed by atoms with Crippen molar-refractivity contribution in [1.82, 2.24) is 19.6 Å². The van der Waals surface area contributed by atoms with E-state index in [1.807, 2.05) is 6.07 Å². The van der Waals surface area contributed by atoms with E-state index in [4.69, 9.17) is 10.4 Å². The summed E-state index contributed by atoms with van der Waals surface area (Å²) in [6, 6.07) is 10.6. The second-order valence-electron chi connectivity index (χ2n) is 8.96. The highest BCUT2D eigenvalue weighted by Crippen LogP contribution is 2.34. The first-order chi connectivity index (χ1) is 18.2. The van der Waals surface area contributed by atoms with Crippen LogP contribution >= 0.6 is 11.8 Å². The largest absolute Gasteiger partial charge is 0.416 e. The first kappa shape index (κ1) is 26.0. The van der Waals surface area contributed by atoms with E-state index in [0.29, 0.717) is 22.1 Å². The Balaban J connectivity index is 1.32. The summed E-state index contributed by atoms with van der Waals surface area (Å²) in [5.41, 5.74) is 0.505. The third-order valence-corrected chi connectivity index (χ3v) is 7.54. The molecule has 0 saturated carbocycles. The van der Waals surface area contributed by atoms with E-state index >= 15 is 0 Å². The minimum absolute atomic E-state index is 0.0162. The molecule has 196 valence electrons. The lowest BCUT2D eigenvalue weighted by Gasteiger charge is -2.34. The van der Waals surface area contributed by atoms with Gasteiger partial charge in [-0.25, -0.2) is 0 Å². The van der Waals surface area contributed by atoms with Gasteiger partial charge in [-0.05, 0) is 53.2 Å². The fourth-order valence-corrected chi connectivity index (χ4v) is 5.48. The molecule has 3 heterocycles. The van der Waals surface area contributed by atoms with E-state index in [1.54, 1.807) is 30.5 Å². The van der Waals surface area contributed by atoms with E-state index in [0.717, 1.165) is 43.2 Å². The number of aromatic nitrogens is 2. The molecule has 0 unspecified atom stereocenters. The number of amides is 1. The van der Waals surface area contributed by atoms with Crippen LogP contribution in [0.3, 0.4) is 0 Å². The number of fused-ring (bicyclic) bond motifs is 1. The predicted octanol–water partition coefficient (Wildman–Crippen LogP) is 3.56. The highest BCUT2D eigenvalue weighted by atomic mass is 32.2. The number of thioether (sulfide) groups is 1. The molecule has 1 fully saturated rings. The number of amidine groups is 1. The molecule has 8 nitrogen and oxygen atoms in total. The molecule has 1 saturated heterocycles. The molecule has 0 spiro atoms. The summed E-state index contributed by atoms with van der Waals surface area (Å²) >= 11 is 1.32. The summed E-state index contributed by atoms with van der Waals surface area (Å²) in [4.78, 5) is 21.5. The van der Waals surface area contributed by atoms with Gasteiger partial charge < -0.3 is 10.0 Å². The van der Waals surface area contributed by atoms with Gasteiger partial charge in [0.25, 0.3) is 5.91 Å². The van der Waals surface area contributed by atoms with E-state index in [2.05, 4.69) is 19.9 Å². The lowest BCUT2D eigenvalue weighted by Crippen LogP contribution is -2.48. The van der Waals surface area contributed by atoms with Crippen LogP contribution in [0.15, 0.2) is 52.5 Å². The number of hydrogen-bond donors (Lipinski definition) is 1. The van der Waals surface area contributed by atoms with E-state index in [9.17, 15) is 18.0 Å². The Bertz CT molecular complexity index is 1480. The van der Waals surface area contributed by atoms with E-state index < -0.39 is 11.7 Å². The van der Waals surface area contributed by atoms with Crippen LogP contribution in [0.4, 0.5) is 13.2 Å². The Labute approximate surface area is 220 Å². The van der Waals surface area contributed by atoms with Crippen molar-refractivity contribution in [2.24, 2.45) is 4.99 Å². The number of carbonyl (C=O) groups excluding carboxylic acids is 1. The van der Waals surface area contributed by atoms with Crippen LogP contribution in [0.25, 0.3) is 17.0 Å². The van der Waals surface area contributed by atoms with E-state index in [-0.39, 0.29) is 30.2 Å². The first-order valence-corrected chi connectivity index (χ1v) is 12.7. The quantitative estimate of drug-likeness (QED) is 0.495. The maximum atomic E-state index is 13.6. The first-order valence-electron chi connectivity index (χ1n) is 11.9. The number of benzene rings is 2. The fraction of sp³-hybridized carbons (Fsp3) is 0.308. The van der Waals surface area contributed by atoms with Crippen molar-refractivity contribution in [3.8, 4) is 6.07 Å². The van der Waals surface area contributed by atoms with Gasteiger partial charge in [-0.15, -0.1) is 0 Å². The van der Waals surface area contributed by atoms with Crippen molar-refractivity contribution in [3.05, 3.63) is 69.8 Å². The Hall–Kier alpha value is -3.66. The summed E-state index contributed by atoms with van der Waals surface area (Å²) in [5.74, 6) is -0.306. The van der Waals surface area contributed by atoms with Crippen molar-refractivity contribution in [1.29, 1.82) is 5.26 Å². The number of halogens is 3. The lowest BCUT2D eigenvalue weighted by molar-refractivity contribution is -0.138. The van der Waals surface area contributed by atoms with Crippen LogP contribution in [0.2, 0.25) is 0 Å². The molecule has 0 bridgehead atoms. The molecule has 0 aliphatic carbocycles. The van der Waals surface area contributed by atoms with Crippen molar-refractivity contribution in [3.63, 3.8) is 0 Å². The zero-order valence-corrected chi connectivity index (χ0v) is 21.0. The molecule has 38 heavy (non-hydrogen) atoms. The van der Waals surface area contributed by atoms with Gasteiger partial charge in [0.2, 0.25) is 0 Å². The number of carbonyl (C=O) groups is 1. The average molecular weight is 541 g/mol. The van der Waals surface area contributed by atoms with Gasteiger partial charge in [-0.3, -0.25) is 14.4 Å². The van der Waals surface area contributed by atoms with Crippen molar-refractivity contribution < 1.29 is 23.1 Å². The summed E-state index contributed by atoms with van der Waals surface area (Å²) in [7, 11) is 0. The molecule has 2 aliphatic heterocycles. The average Bonchev–Trinajstić information content (AvgIpc) is 3.47. The number of aliphatic imine (C=N–C) groups is 1. The highest BCUT2D eigenvalue weighted by Gasteiger charge is 2.34. The monoisotopic (exact) mass is 540 g/mol. The summed E-state index contributed by atoms with van der Waals surface area (Å²) in [6.07, 6.45) is -1.26. The van der Waals surface area contributed by atoms with Crippen LogP contribution in [-0.2, 0) is 17.5 Å². The third-order valence-electron chi connectivity index (χ3n) is 6.50. The summed E-state index contributed by atoms with van der Waals surface area (Å²) < 4.78 is 42.2. The normalized spacial score (nSPS) is 17.9. The molecule has 2 aromatic carbocycles. The number of alkyl halides is 3. The second-order valence-corrected chi connectivity index (χ2v) is 9.97. The topological polar surface area (TPSA) is 97.8 Å². The fourth-order valence-electron chi connectivity index (χ4n) is 4.52. The number of aliphatic hydroxyl groups is 1. The molecule has 3 aromatic rings. The van der Waals surface area contributed by atoms with Gasteiger partial charge in [-0.1, -0.05) is 12.1 Å². The van der Waals surface area contributed by atoms with Crippen LogP contribution in [0, 0.1) is 11.3 Å². The number of rotatable bonds is 5. The number of piperazine rings is 1. The van der Waals surface area contributed by atoms with Crippen molar-refractivity contribution in [2.75, 3.05) is 39.3 Å². The number of hydrogen-bond acceptors (Lipinski definition) is 7. The number of nitriles is 1. The van der Waals surface area contributed by atoms with Gasteiger partial charge in [-0.2, -0.15) is 28.5 Å². The van der Waals surface area contributed by atoms with Crippen molar-refractivity contribution in [2.45, 2.75) is 12.7 Å². The Morgan fingerprint density at radius 3 is 2.63 bits per heavy atom. The van der Waals surface area contributed by atoms with Gasteiger partial charge in [0.1, 0.15) is 0 Å². The van der Waals surface area contributed by atoms with Gasteiger partial charge in [0.15, 0.2) is 5.17 Å². The molecule has 12 heteroatoms. The Morgan fingerprint density at radius 1 is 1.13 bits per heavy atom. The molecule has 5 rings (SSSR count). The number of aliphatic hydroxyl groups excluding tert-OH is 1. The second kappa shape index (κ2) is 10.6. The zero-order valence-electron chi connectivity index (χ0n) is 20.1. The van der Waals surface area contributed by atoms with Crippen LogP contribution in [0.5, 0.6) is 0 Å². The maximum absolute atomic E-state index is 13.6. The Kier molecular flexibility index (Phi) is 7.25. The molecule has 1 N–H and O–H groups in total. The SMILES string of the molecule is N#Cc1ccc(Cn2ncc3cc(/C=C4\SC(N5CCN(CCO)CC5)=NC4=O)ccc32)c(C(F)(F)F)c1. The van der Waals surface area contributed by atoms with Crippen LogP contribution < -0.4 is 0 Å². The molecular formula is C26H23F3N6O2S. The standard InChI is InChI=1S/C26H23F3N6O2S/c27-26(28,29)21-12-18(14-30)1-3-19(21)16-35-22-4-2-17(11-20(22)15-31-35)13-23-24(37)32-25(38-23)34-7-5-33(6-8-34)9-10-36/h1-4,11-13,15,36H,5-10,16H2/b23-13-. The number of nitrogens with zero attached hydrogens (tertiary/aromatic N) is 6. The molecule has 0 radical (unpaired) electrons. The number of β-amino-alcohol motifs (C(OH)–C–C–N with tert-alkyl or cyclic N) is 1. The van der Waals surface area contributed by atoms with Crippen LogP contribution in [0.1, 0.15) is 22.3 Å². The van der Waals surface area contributed by atoms with Gasteiger partial charge >= 0.3 is 6.18 Å². The highest BCUT2D eigenvalue weighted by molar-refractivity contribution is 8.18. The van der Waals surface area contributed by atoms with Gasteiger partial charge in [0.05, 0.1) is 47.0 Å². The molecule has 1 aromatic heterocycles. The van der Waals surface area contributed by atoms with Gasteiger partial charge in [0, 0.05) is 38.1 Å². The molecule has 1 amide bonds.